The third kappa shape index (κ3) is 4.18. The highest BCUT2D eigenvalue weighted by Crippen LogP contribution is 2.33. The Morgan fingerprint density at radius 3 is 2.32 bits per heavy atom. The Morgan fingerprint density at radius 1 is 1.26 bits per heavy atom. The Balaban J connectivity index is 2.97. The SMILES string of the molecule is [CH]=C(Cl)C(O)C(F)(F)Cc1cccc(C(F)(F)F)c1. The summed E-state index contributed by atoms with van der Waals surface area (Å²) in [6, 6.07) is 3.46. The van der Waals surface area contributed by atoms with Crippen LogP contribution in [0.5, 0.6) is 0 Å². The van der Waals surface area contributed by atoms with E-state index in [0.717, 1.165) is 18.2 Å². The molecule has 1 aromatic carbocycles. The van der Waals surface area contributed by atoms with Crippen molar-refractivity contribution in [2.45, 2.75) is 24.6 Å². The Morgan fingerprint density at radius 2 is 1.84 bits per heavy atom. The minimum atomic E-state index is -4.62. The van der Waals surface area contributed by atoms with E-state index < -0.39 is 35.2 Å². The molecule has 1 unspecified atom stereocenters. The van der Waals surface area contributed by atoms with E-state index in [2.05, 4.69) is 0 Å². The largest absolute Gasteiger partial charge is 0.416 e. The van der Waals surface area contributed by atoms with Crippen LogP contribution in [0.1, 0.15) is 11.1 Å². The number of benzene rings is 1. The summed E-state index contributed by atoms with van der Waals surface area (Å²) in [6.45, 7) is 4.85. The van der Waals surface area contributed by atoms with E-state index in [1.165, 1.54) is 0 Å². The fourth-order valence-electron chi connectivity index (χ4n) is 1.43. The Labute approximate surface area is 111 Å². The van der Waals surface area contributed by atoms with Gasteiger partial charge in [0.05, 0.1) is 10.6 Å². The Bertz CT molecular complexity index is 469. The summed E-state index contributed by atoms with van der Waals surface area (Å²) < 4.78 is 64.1. The molecule has 1 aromatic rings. The molecule has 1 atom stereocenters. The second kappa shape index (κ2) is 5.46. The van der Waals surface area contributed by atoms with Gasteiger partial charge in [0.2, 0.25) is 0 Å². The van der Waals surface area contributed by atoms with Gasteiger partial charge in [-0.05, 0) is 18.2 Å². The van der Waals surface area contributed by atoms with Crippen molar-refractivity contribution in [3.8, 4) is 0 Å². The van der Waals surface area contributed by atoms with Crippen molar-refractivity contribution in [1.29, 1.82) is 0 Å². The van der Waals surface area contributed by atoms with Gasteiger partial charge in [-0.1, -0.05) is 29.8 Å². The minimum Gasteiger partial charge on any atom is -0.381 e. The summed E-state index contributed by atoms with van der Waals surface area (Å²) in [5.41, 5.74) is -1.32. The van der Waals surface area contributed by atoms with E-state index in [1.54, 1.807) is 0 Å². The molecule has 0 aliphatic carbocycles. The lowest BCUT2D eigenvalue weighted by molar-refractivity contribution is -0.137. The molecule has 0 saturated heterocycles. The maximum Gasteiger partial charge on any atom is 0.416 e. The molecular formula is C12H9ClF5O. The first-order chi connectivity index (χ1) is 8.54. The molecule has 0 amide bonds. The van der Waals surface area contributed by atoms with Gasteiger partial charge in [0, 0.05) is 6.42 Å². The Hall–Kier alpha value is -1.14. The monoisotopic (exact) mass is 299 g/mol. The van der Waals surface area contributed by atoms with Crippen molar-refractivity contribution < 1.29 is 27.1 Å². The highest BCUT2D eigenvalue weighted by Gasteiger charge is 2.40. The summed E-state index contributed by atoms with van der Waals surface area (Å²) >= 11 is 5.07. The fourth-order valence-corrected chi connectivity index (χ4v) is 1.59. The topological polar surface area (TPSA) is 20.2 Å². The molecule has 19 heavy (non-hydrogen) atoms. The molecular weight excluding hydrogens is 291 g/mol. The molecule has 1 nitrogen and oxygen atoms in total. The van der Waals surface area contributed by atoms with Crippen molar-refractivity contribution in [1.82, 2.24) is 0 Å². The molecule has 0 aliphatic rings. The van der Waals surface area contributed by atoms with Gasteiger partial charge in [0.15, 0.2) is 6.10 Å². The van der Waals surface area contributed by atoms with Gasteiger partial charge >= 0.3 is 6.18 Å². The summed E-state index contributed by atoms with van der Waals surface area (Å²) in [7, 11) is 0. The van der Waals surface area contributed by atoms with Crippen LogP contribution in [0, 0.1) is 6.58 Å². The smallest absolute Gasteiger partial charge is 0.381 e. The molecule has 0 aliphatic heterocycles. The maximum absolute atomic E-state index is 13.5. The molecule has 0 bridgehead atoms. The van der Waals surface area contributed by atoms with Gasteiger partial charge < -0.3 is 5.11 Å². The normalized spacial score (nSPS) is 14.3. The number of aliphatic hydroxyl groups is 1. The van der Waals surface area contributed by atoms with E-state index in [0.29, 0.717) is 6.07 Å². The summed E-state index contributed by atoms with van der Waals surface area (Å²) in [5.74, 6) is -3.75. The highest BCUT2D eigenvalue weighted by atomic mass is 35.5. The second-order valence-electron chi connectivity index (χ2n) is 3.92. The lowest BCUT2D eigenvalue weighted by atomic mass is 10.0. The number of rotatable bonds is 4. The van der Waals surface area contributed by atoms with Crippen molar-refractivity contribution in [3.63, 3.8) is 0 Å². The van der Waals surface area contributed by atoms with E-state index in [9.17, 15) is 22.0 Å². The van der Waals surface area contributed by atoms with Gasteiger partial charge in [-0.3, -0.25) is 0 Å². The average Bonchev–Trinajstić information content (AvgIpc) is 2.26. The van der Waals surface area contributed by atoms with Crippen LogP contribution < -0.4 is 0 Å². The molecule has 0 heterocycles. The van der Waals surface area contributed by atoms with Gasteiger partial charge in [-0.15, -0.1) is 0 Å². The highest BCUT2D eigenvalue weighted by molar-refractivity contribution is 6.29. The number of hydrogen-bond donors (Lipinski definition) is 1. The number of alkyl halides is 5. The van der Waals surface area contributed by atoms with E-state index in [1.807, 2.05) is 0 Å². The zero-order valence-corrected chi connectivity index (χ0v) is 10.1. The van der Waals surface area contributed by atoms with Gasteiger partial charge in [-0.25, -0.2) is 8.78 Å². The second-order valence-corrected chi connectivity index (χ2v) is 4.36. The molecule has 1 radical (unpaired) electrons. The third-order valence-corrected chi connectivity index (χ3v) is 2.56. The lowest BCUT2D eigenvalue weighted by Crippen LogP contribution is -2.35. The first kappa shape index (κ1) is 15.9. The molecule has 1 rings (SSSR count). The number of hydrogen-bond acceptors (Lipinski definition) is 1. The predicted molar refractivity (Wildman–Crippen MR) is 59.8 cm³/mol. The van der Waals surface area contributed by atoms with Gasteiger partial charge in [0.25, 0.3) is 5.92 Å². The molecule has 0 fully saturated rings. The average molecular weight is 300 g/mol. The van der Waals surface area contributed by atoms with E-state index >= 15 is 0 Å². The minimum absolute atomic E-state index is 0.281. The van der Waals surface area contributed by atoms with Crippen LogP contribution in [0.4, 0.5) is 22.0 Å². The maximum atomic E-state index is 13.5. The summed E-state index contributed by atoms with van der Waals surface area (Å²) in [4.78, 5) is 0. The summed E-state index contributed by atoms with van der Waals surface area (Å²) in [5, 5.41) is 8.16. The molecule has 0 spiro atoms. The summed E-state index contributed by atoms with van der Waals surface area (Å²) in [6.07, 6.45) is -8.16. The number of aliphatic hydroxyl groups excluding tert-OH is 1. The van der Waals surface area contributed by atoms with Crippen LogP contribution in [-0.2, 0) is 12.6 Å². The molecule has 105 valence electrons. The zero-order chi connectivity index (χ0) is 14.8. The molecule has 1 N–H and O–H groups in total. The van der Waals surface area contributed by atoms with Crippen LogP contribution in [0.3, 0.4) is 0 Å². The molecule has 0 saturated carbocycles. The van der Waals surface area contributed by atoms with Crippen molar-refractivity contribution in [2.75, 3.05) is 0 Å². The lowest BCUT2D eigenvalue weighted by Gasteiger charge is -2.22. The Kier molecular flexibility index (Phi) is 4.58. The third-order valence-electron chi connectivity index (χ3n) is 2.36. The molecule has 0 aromatic heterocycles. The van der Waals surface area contributed by atoms with Crippen molar-refractivity contribution in [3.05, 3.63) is 47.0 Å². The first-order valence-corrected chi connectivity index (χ1v) is 5.41. The van der Waals surface area contributed by atoms with Crippen LogP contribution in [0.2, 0.25) is 0 Å². The van der Waals surface area contributed by atoms with Crippen LogP contribution >= 0.6 is 11.6 Å². The van der Waals surface area contributed by atoms with Gasteiger partial charge in [0.1, 0.15) is 0 Å². The van der Waals surface area contributed by atoms with E-state index in [4.69, 9.17) is 23.3 Å². The predicted octanol–water partition coefficient (Wildman–Crippen LogP) is 3.80. The zero-order valence-electron chi connectivity index (χ0n) is 9.39. The van der Waals surface area contributed by atoms with E-state index in [-0.39, 0.29) is 5.56 Å². The van der Waals surface area contributed by atoms with Crippen LogP contribution in [0.25, 0.3) is 0 Å². The fraction of sp³-hybridized carbons (Fsp3) is 0.333. The first-order valence-electron chi connectivity index (χ1n) is 5.04. The van der Waals surface area contributed by atoms with Crippen molar-refractivity contribution >= 4 is 11.6 Å². The quantitative estimate of drug-likeness (QED) is 0.839. The van der Waals surface area contributed by atoms with Crippen LogP contribution in [-0.4, -0.2) is 17.1 Å². The van der Waals surface area contributed by atoms with Crippen LogP contribution in [0.15, 0.2) is 29.3 Å². The van der Waals surface area contributed by atoms with Gasteiger partial charge in [-0.2, -0.15) is 13.2 Å². The number of halogens is 6. The standard InChI is InChI=1S/C12H9ClF5O/c1-7(13)10(19)11(14,15)6-8-3-2-4-9(5-8)12(16,17)18/h1-5,10,19H,6H2. The van der Waals surface area contributed by atoms with Crippen molar-refractivity contribution in [2.24, 2.45) is 0 Å². The molecule has 7 heteroatoms.